The summed E-state index contributed by atoms with van der Waals surface area (Å²) in [6.07, 6.45) is -4.59. The molecule has 0 bridgehead atoms. The van der Waals surface area contributed by atoms with Crippen LogP contribution in [0.2, 0.25) is 0 Å². The highest BCUT2D eigenvalue weighted by atomic mass is 32.2. The molecule has 2 heterocycles. The van der Waals surface area contributed by atoms with Crippen LogP contribution in [0.15, 0.2) is 24.3 Å². The van der Waals surface area contributed by atoms with Gasteiger partial charge in [0.25, 0.3) is 10.5 Å². The molecule has 0 spiro atoms. The van der Waals surface area contributed by atoms with Crippen molar-refractivity contribution in [2.75, 3.05) is 11.9 Å². The molecule has 2 aliphatic rings. The Morgan fingerprint density at radius 2 is 1.86 bits per heavy atom. The first-order chi connectivity index (χ1) is 13.1. The number of anilines is 1. The Labute approximate surface area is 163 Å². The summed E-state index contributed by atoms with van der Waals surface area (Å²) >= 11 is 1.09. The van der Waals surface area contributed by atoms with Crippen molar-refractivity contribution in [3.05, 3.63) is 29.8 Å². The van der Waals surface area contributed by atoms with Crippen molar-refractivity contribution in [2.45, 2.75) is 16.7 Å². The maximum Gasteiger partial charge on any atom is 0.416 e. The van der Waals surface area contributed by atoms with Crippen LogP contribution < -0.4 is 10.6 Å². The number of thioether (sulfide) groups is 2. The number of amides is 5. The molecule has 2 atom stereocenters. The molecule has 1 aromatic carbocycles. The van der Waals surface area contributed by atoms with Crippen molar-refractivity contribution in [2.24, 2.45) is 0 Å². The fourth-order valence-electron chi connectivity index (χ4n) is 2.49. The third-order valence-corrected chi connectivity index (χ3v) is 6.10. The summed E-state index contributed by atoms with van der Waals surface area (Å²) in [4.78, 5) is 60.0. The summed E-state index contributed by atoms with van der Waals surface area (Å²) in [5, 5.41) is 0.507. The third-order valence-electron chi connectivity index (χ3n) is 3.73. The quantitative estimate of drug-likeness (QED) is 0.747. The zero-order chi connectivity index (χ0) is 20.6. The summed E-state index contributed by atoms with van der Waals surface area (Å²) in [6.45, 7) is -0.732. The Bertz CT molecular complexity index is 892. The van der Waals surface area contributed by atoms with Crippen LogP contribution in [0.1, 0.15) is 5.56 Å². The topological polar surface area (TPSA) is 113 Å². The van der Waals surface area contributed by atoms with E-state index in [0.717, 1.165) is 12.1 Å². The van der Waals surface area contributed by atoms with Crippen molar-refractivity contribution in [1.29, 1.82) is 0 Å². The second kappa shape index (κ2) is 7.47. The van der Waals surface area contributed by atoms with Gasteiger partial charge in [-0.1, -0.05) is 6.07 Å². The van der Waals surface area contributed by atoms with E-state index in [1.807, 2.05) is 5.32 Å². The number of hydrogen-bond acceptors (Lipinski definition) is 7. The number of hydrogen-bond donors (Lipinski definition) is 2. The van der Waals surface area contributed by atoms with Crippen LogP contribution in [0.4, 0.5) is 28.4 Å². The van der Waals surface area contributed by atoms with Gasteiger partial charge < -0.3 is 5.32 Å². The molecular formula is C15H10F3N3O5S2. The van der Waals surface area contributed by atoms with E-state index < -0.39 is 57.0 Å². The van der Waals surface area contributed by atoms with E-state index in [1.54, 1.807) is 0 Å². The number of nitrogens with one attached hydrogen (secondary N) is 2. The van der Waals surface area contributed by atoms with Crippen molar-refractivity contribution < 1.29 is 37.1 Å². The summed E-state index contributed by atoms with van der Waals surface area (Å²) in [7, 11) is 0. The van der Waals surface area contributed by atoms with Gasteiger partial charge in [-0.25, -0.2) is 0 Å². The van der Waals surface area contributed by atoms with Gasteiger partial charge >= 0.3 is 6.18 Å². The van der Waals surface area contributed by atoms with Crippen molar-refractivity contribution in [3.63, 3.8) is 0 Å². The average molecular weight is 433 g/mol. The van der Waals surface area contributed by atoms with Crippen molar-refractivity contribution in [3.8, 4) is 0 Å². The molecule has 2 saturated heterocycles. The van der Waals surface area contributed by atoms with Gasteiger partial charge in [-0.3, -0.25) is 34.2 Å². The summed E-state index contributed by atoms with van der Waals surface area (Å²) in [5.41, 5.74) is -1.12. The van der Waals surface area contributed by atoms with E-state index in [4.69, 9.17) is 0 Å². The zero-order valence-electron chi connectivity index (χ0n) is 13.6. The van der Waals surface area contributed by atoms with E-state index >= 15 is 0 Å². The van der Waals surface area contributed by atoms with Crippen LogP contribution in [-0.2, 0) is 20.6 Å². The van der Waals surface area contributed by atoms with E-state index in [1.165, 1.54) is 6.07 Å². The summed E-state index contributed by atoms with van der Waals surface area (Å²) in [5.74, 6) is -2.41. The van der Waals surface area contributed by atoms with E-state index in [0.29, 0.717) is 34.5 Å². The van der Waals surface area contributed by atoms with Crippen LogP contribution in [-0.4, -0.2) is 50.1 Å². The third kappa shape index (κ3) is 4.14. The van der Waals surface area contributed by atoms with Crippen LogP contribution in [0.25, 0.3) is 0 Å². The average Bonchev–Trinajstić information content (AvgIpc) is 3.07. The first-order valence-corrected chi connectivity index (χ1v) is 9.33. The lowest BCUT2D eigenvalue weighted by molar-refractivity contribution is -0.137. The maximum atomic E-state index is 12.7. The lowest BCUT2D eigenvalue weighted by Crippen LogP contribution is -2.42. The molecule has 3 rings (SSSR count). The molecule has 0 saturated carbocycles. The van der Waals surface area contributed by atoms with Crippen LogP contribution in [0, 0.1) is 0 Å². The molecule has 0 unspecified atom stereocenters. The first-order valence-electron chi connectivity index (χ1n) is 7.57. The number of benzene rings is 1. The Morgan fingerprint density at radius 1 is 1.14 bits per heavy atom. The molecule has 8 nitrogen and oxygen atoms in total. The summed E-state index contributed by atoms with van der Waals surface area (Å²) in [6, 6.07) is 3.87. The fourth-order valence-corrected chi connectivity index (χ4v) is 4.59. The molecule has 2 aliphatic heterocycles. The summed E-state index contributed by atoms with van der Waals surface area (Å²) < 4.78 is 38.1. The number of imide groups is 2. The Balaban J connectivity index is 1.66. The molecule has 5 amide bonds. The normalized spacial score (nSPS) is 22.6. The highest BCUT2D eigenvalue weighted by molar-refractivity contribution is 8.19. The number of rotatable bonds is 4. The molecule has 2 N–H and O–H groups in total. The minimum Gasteiger partial charge on any atom is -0.325 e. The molecule has 13 heteroatoms. The second-order valence-electron chi connectivity index (χ2n) is 5.67. The molecule has 148 valence electrons. The minimum atomic E-state index is -4.59. The fraction of sp³-hybridized carbons (Fsp3) is 0.267. The predicted molar refractivity (Wildman–Crippen MR) is 93.5 cm³/mol. The highest BCUT2D eigenvalue weighted by Gasteiger charge is 2.50. The molecule has 2 fully saturated rings. The van der Waals surface area contributed by atoms with E-state index in [9.17, 15) is 37.1 Å². The lowest BCUT2D eigenvalue weighted by atomic mass is 10.2. The molecule has 0 aliphatic carbocycles. The van der Waals surface area contributed by atoms with E-state index in [2.05, 4.69) is 5.32 Å². The lowest BCUT2D eigenvalue weighted by Gasteiger charge is -2.15. The molecule has 28 heavy (non-hydrogen) atoms. The standard InChI is InChI=1S/C15H10F3N3O5S2/c16-15(17,18)6-2-1-3-7(4-6)19-8(22)5-21-12(24)10(28-14(21)26)9-11(23)20-13(25)27-9/h1-4,9-10H,5H2,(H,19,22)(H,20,23,25)/t9-,10-/m1/s1. The highest BCUT2D eigenvalue weighted by Crippen LogP contribution is 2.36. The number of carbonyl (C=O) groups is 5. The van der Waals surface area contributed by atoms with Gasteiger partial charge in [-0.05, 0) is 41.7 Å². The first kappa shape index (κ1) is 20.2. The van der Waals surface area contributed by atoms with Gasteiger partial charge in [0.05, 0.1) is 5.56 Å². The molecule has 0 radical (unpaired) electrons. The number of halogens is 3. The van der Waals surface area contributed by atoms with Gasteiger partial charge in [0.1, 0.15) is 17.0 Å². The second-order valence-corrected chi connectivity index (χ2v) is 7.88. The maximum absolute atomic E-state index is 12.7. The van der Waals surface area contributed by atoms with Gasteiger partial charge in [0.15, 0.2) is 0 Å². The number of alkyl halides is 3. The molecule has 0 aromatic heterocycles. The Kier molecular flexibility index (Phi) is 5.39. The predicted octanol–water partition coefficient (Wildman–Crippen LogP) is 2.06. The molecular weight excluding hydrogens is 423 g/mol. The van der Waals surface area contributed by atoms with Gasteiger partial charge in [-0.2, -0.15) is 13.2 Å². The number of nitrogens with zero attached hydrogens (tertiary/aromatic N) is 1. The van der Waals surface area contributed by atoms with Crippen molar-refractivity contribution in [1.82, 2.24) is 10.2 Å². The van der Waals surface area contributed by atoms with Crippen LogP contribution >= 0.6 is 23.5 Å². The SMILES string of the molecule is O=C(CN1C(=O)S[C@H]([C@H]2SC(=O)NC2=O)C1=O)Nc1cccc(C(F)(F)F)c1. The Morgan fingerprint density at radius 3 is 2.46 bits per heavy atom. The molecule has 1 aromatic rings. The minimum absolute atomic E-state index is 0.153. The van der Waals surface area contributed by atoms with Crippen LogP contribution in [0.3, 0.4) is 0 Å². The Hall–Kier alpha value is -2.54. The largest absolute Gasteiger partial charge is 0.416 e. The van der Waals surface area contributed by atoms with Crippen LogP contribution in [0.5, 0.6) is 0 Å². The van der Waals surface area contributed by atoms with Gasteiger partial charge in [0, 0.05) is 5.69 Å². The smallest absolute Gasteiger partial charge is 0.325 e. The van der Waals surface area contributed by atoms with Crippen molar-refractivity contribution >= 4 is 57.4 Å². The van der Waals surface area contributed by atoms with Gasteiger partial charge in [0.2, 0.25) is 17.7 Å². The monoisotopic (exact) mass is 433 g/mol. The van der Waals surface area contributed by atoms with E-state index in [-0.39, 0.29) is 5.69 Å². The van der Waals surface area contributed by atoms with Gasteiger partial charge in [-0.15, -0.1) is 0 Å². The zero-order valence-corrected chi connectivity index (χ0v) is 15.2. The number of carbonyl (C=O) groups excluding carboxylic acids is 5.